The zero-order valence-corrected chi connectivity index (χ0v) is 15.1. The van der Waals surface area contributed by atoms with Gasteiger partial charge in [-0.3, -0.25) is 0 Å². The maximum absolute atomic E-state index is 4.90. The van der Waals surface area contributed by atoms with E-state index in [1.54, 1.807) is 0 Å². The van der Waals surface area contributed by atoms with Crippen LogP contribution in [0.15, 0.2) is 36.4 Å². The normalized spacial score (nSPS) is 17.8. The van der Waals surface area contributed by atoms with Gasteiger partial charge in [-0.1, -0.05) is 37.3 Å². The van der Waals surface area contributed by atoms with Crippen LogP contribution in [0.25, 0.3) is 11.4 Å². The van der Waals surface area contributed by atoms with E-state index in [1.807, 2.05) is 18.2 Å². The molecular formula is C20H28N4. The van der Waals surface area contributed by atoms with Crippen molar-refractivity contribution in [3.05, 3.63) is 36.4 Å². The van der Waals surface area contributed by atoms with Crippen molar-refractivity contribution in [3.63, 3.8) is 0 Å². The number of piperidine rings is 1. The van der Waals surface area contributed by atoms with Gasteiger partial charge in [-0.25, -0.2) is 9.97 Å². The van der Waals surface area contributed by atoms with E-state index in [0.29, 0.717) is 0 Å². The second-order valence-corrected chi connectivity index (χ2v) is 6.64. The number of anilines is 2. The lowest BCUT2D eigenvalue weighted by Gasteiger charge is -2.32. The molecule has 0 amide bonds. The number of hydrogen-bond acceptors (Lipinski definition) is 4. The molecule has 24 heavy (non-hydrogen) atoms. The van der Waals surface area contributed by atoms with Crippen molar-refractivity contribution in [2.24, 2.45) is 5.92 Å². The first-order valence-corrected chi connectivity index (χ1v) is 9.15. The van der Waals surface area contributed by atoms with E-state index in [9.17, 15) is 0 Å². The van der Waals surface area contributed by atoms with Gasteiger partial charge in [-0.05, 0) is 32.6 Å². The molecule has 1 aliphatic rings. The van der Waals surface area contributed by atoms with Gasteiger partial charge in [0, 0.05) is 37.8 Å². The van der Waals surface area contributed by atoms with E-state index in [0.717, 1.165) is 55.1 Å². The number of aromatic nitrogens is 2. The summed E-state index contributed by atoms with van der Waals surface area (Å²) >= 11 is 0. The summed E-state index contributed by atoms with van der Waals surface area (Å²) < 4.78 is 0. The SMILES string of the molecule is CCN(CC)c1cc(N2CCCC(C)C2)nc(-c2ccccc2)n1. The predicted octanol–water partition coefficient (Wildman–Crippen LogP) is 4.23. The van der Waals surface area contributed by atoms with E-state index in [-0.39, 0.29) is 0 Å². The quantitative estimate of drug-likeness (QED) is 0.824. The fraction of sp³-hybridized carbons (Fsp3) is 0.500. The van der Waals surface area contributed by atoms with Crippen LogP contribution in [0.4, 0.5) is 11.6 Å². The molecule has 128 valence electrons. The standard InChI is InChI=1S/C20H28N4/c1-4-23(5-2)18-14-19(24-13-9-10-16(3)15-24)22-20(21-18)17-11-7-6-8-12-17/h6-8,11-12,14,16H,4-5,9-10,13,15H2,1-3H3. The Morgan fingerprint density at radius 2 is 1.88 bits per heavy atom. The number of nitrogens with zero attached hydrogens (tertiary/aromatic N) is 4. The van der Waals surface area contributed by atoms with Crippen LogP contribution in [0.2, 0.25) is 0 Å². The van der Waals surface area contributed by atoms with Gasteiger partial charge >= 0.3 is 0 Å². The maximum Gasteiger partial charge on any atom is 0.163 e. The van der Waals surface area contributed by atoms with Gasteiger partial charge in [-0.2, -0.15) is 0 Å². The zero-order chi connectivity index (χ0) is 16.9. The first kappa shape index (κ1) is 16.7. The summed E-state index contributed by atoms with van der Waals surface area (Å²) in [5, 5.41) is 0. The molecule has 1 aromatic heterocycles. The summed E-state index contributed by atoms with van der Waals surface area (Å²) in [6.45, 7) is 10.8. The Hall–Kier alpha value is -2.10. The predicted molar refractivity (Wildman–Crippen MR) is 102 cm³/mol. The molecule has 1 unspecified atom stereocenters. The first-order valence-electron chi connectivity index (χ1n) is 9.15. The molecule has 2 heterocycles. The second kappa shape index (κ2) is 7.65. The minimum absolute atomic E-state index is 0.728. The third-order valence-corrected chi connectivity index (χ3v) is 4.80. The average molecular weight is 324 g/mol. The fourth-order valence-electron chi connectivity index (χ4n) is 3.41. The molecule has 0 saturated carbocycles. The van der Waals surface area contributed by atoms with Crippen molar-refractivity contribution < 1.29 is 0 Å². The van der Waals surface area contributed by atoms with Crippen LogP contribution < -0.4 is 9.80 Å². The van der Waals surface area contributed by atoms with Crippen LogP contribution in [-0.2, 0) is 0 Å². The molecule has 4 nitrogen and oxygen atoms in total. The van der Waals surface area contributed by atoms with Gasteiger partial charge in [0.15, 0.2) is 5.82 Å². The van der Waals surface area contributed by atoms with Gasteiger partial charge < -0.3 is 9.80 Å². The van der Waals surface area contributed by atoms with Gasteiger partial charge in [0.2, 0.25) is 0 Å². The summed E-state index contributed by atoms with van der Waals surface area (Å²) in [5.74, 6) is 3.65. The molecule has 0 aliphatic carbocycles. The molecule has 1 atom stereocenters. The molecule has 0 radical (unpaired) electrons. The van der Waals surface area contributed by atoms with Crippen molar-refractivity contribution in [3.8, 4) is 11.4 Å². The van der Waals surface area contributed by atoms with Crippen LogP contribution in [0.5, 0.6) is 0 Å². The highest BCUT2D eigenvalue weighted by molar-refractivity contribution is 5.62. The summed E-state index contributed by atoms with van der Waals surface area (Å²) in [5.41, 5.74) is 1.08. The van der Waals surface area contributed by atoms with Crippen LogP contribution in [0.1, 0.15) is 33.6 Å². The van der Waals surface area contributed by atoms with E-state index < -0.39 is 0 Å². The van der Waals surface area contributed by atoms with Crippen LogP contribution in [0.3, 0.4) is 0 Å². The van der Waals surface area contributed by atoms with Gasteiger partial charge in [-0.15, -0.1) is 0 Å². The van der Waals surface area contributed by atoms with Crippen molar-refractivity contribution in [2.45, 2.75) is 33.6 Å². The van der Waals surface area contributed by atoms with Crippen LogP contribution >= 0.6 is 0 Å². The monoisotopic (exact) mass is 324 g/mol. The Kier molecular flexibility index (Phi) is 5.34. The van der Waals surface area contributed by atoms with Gasteiger partial charge in [0.1, 0.15) is 11.6 Å². The molecule has 3 rings (SSSR count). The van der Waals surface area contributed by atoms with Crippen molar-refractivity contribution in [1.82, 2.24) is 9.97 Å². The summed E-state index contributed by atoms with van der Waals surface area (Å²) in [7, 11) is 0. The van der Waals surface area contributed by atoms with Gasteiger partial charge in [0.05, 0.1) is 0 Å². The minimum Gasteiger partial charge on any atom is -0.357 e. The van der Waals surface area contributed by atoms with E-state index in [1.165, 1.54) is 12.8 Å². The van der Waals surface area contributed by atoms with Crippen molar-refractivity contribution in [2.75, 3.05) is 36.0 Å². The third-order valence-electron chi connectivity index (χ3n) is 4.80. The highest BCUT2D eigenvalue weighted by atomic mass is 15.2. The molecule has 2 aromatic rings. The van der Waals surface area contributed by atoms with E-state index in [2.05, 4.69) is 48.8 Å². The largest absolute Gasteiger partial charge is 0.357 e. The van der Waals surface area contributed by atoms with Crippen LogP contribution in [0, 0.1) is 5.92 Å². The van der Waals surface area contributed by atoms with Gasteiger partial charge in [0.25, 0.3) is 0 Å². The Morgan fingerprint density at radius 3 is 2.54 bits per heavy atom. The number of benzene rings is 1. The second-order valence-electron chi connectivity index (χ2n) is 6.64. The lowest BCUT2D eigenvalue weighted by Crippen LogP contribution is -2.35. The topological polar surface area (TPSA) is 32.3 Å². The van der Waals surface area contributed by atoms with Crippen LogP contribution in [-0.4, -0.2) is 36.1 Å². The maximum atomic E-state index is 4.90. The molecule has 1 saturated heterocycles. The zero-order valence-electron chi connectivity index (χ0n) is 15.1. The molecule has 1 fully saturated rings. The molecule has 4 heteroatoms. The number of rotatable bonds is 5. The Bertz CT molecular complexity index is 652. The Balaban J connectivity index is 2.02. The van der Waals surface area contributed by atoms with Crippen molar-refractivity contribution in [1.29, 1.82) is 0 Å². The fourth-order valence-corrected chi connectivity index (χ4v) is 3.41. The molecule has 0 spiro atoms. The molecule has 1 aliphatic heterocycles. The van der Waals surface area contributed by atoms with E-state index in [4.69, 9.17) is 9.97 Å². The molecular weight excluding hydrogens is 296 g/mol. The summed E-state index contributed by atoms with van der Waals surface area (Å²) in [6.07, 6.45) is 2.56. The lowest BCUT2D eigenvalue weighted by molar-refractivity contribution is 0.444. The Morgan fingerprint density at radius 1 is 1.12 bits per heavy atom. The summed E-state index contributed by atoms with van der Waals surface area (Å²) in [4.78, 5) is 14.5. The smallest absolute Gasteiger partial charge is 0.163 e. The van der Waals surface area contributed by atoms with E-state index >= 15 is 0 Å². The highest BCUT2D eigenvalue weighted by Crippen LogP contribution is 2.27. The molecule has 0 bridgehead atoms. The molecule has 1 aromatic carbocycles. The highest BCUT2D eigenvalue weighted by Gasteiger charge is 2.20. The Labute approximate surface area is 145 Å². The molecule has 0 N–H and O–H groups in total. The average Bonchev–Trinajstić information content (AvgIpc) is 2.63. The lowest BCUT2D eigenvalue weighted by atomic mass is 10.0. The third kappa shape index (κ3) is 3.69. The first-order chi connectivity index (χ1) is 11.7. The number of hydrogen-bond donors (Lipinski definition) is 0. The van der Waals surface area contributed by atoms with Crippen molar-refractivity contribution >= 4 is 11.6 Å². The summed E-state index contributed by atoms with van der Waals surface area (Å²) in [6, 6.07) is 12.5. The minimum atomic E-state index is 0.728.